The summed E-state index contributed by atoms with van der Waals surface area (Å²) in [6.45, 7) is -1.79. The van der Waals surface area contributed by atoms with Gasteiger partial charge < -0.3 is 10.6 Å². The number of hydrogen-bond acceptors (Lipinski definition) is 5. The fraction of sp³-hybridized carbons (Fsp3) is 0.400. The predicted octanol–water partition coefficient (Wildman–Crippen LogP) is 0.576. The second-order valence-electron chi connectivity index (χ2n) is 3.92. The minimum Gasteiger partial charge on any atom is -0.324 e. The van der Waals surface area contributed by atoms with Crippen LogP contribution in [0.5, 0.6) is 0 Å². The quantitative estimate of drug-likeness (QED) is 0.830. The Labute approximate surface area is 113 Å². The zero-order valence-corrected chi connectivity index (χ0v) is 11.2. The number of alkyl halides is 3. The largest absolute Gasteiger partial charge is 0.401 e. The highest BCUT2D eigenvalue weighted by molar-refractivity contribution is 7.90. The van der Waals surface area contributed by atoms with Gasteiger partial charge in [-0.3, -0.25) is 4.79 Å². The molecule has 6 nitrogen and oxygen atoms in total. The van der Waals surface area contributed by atoms with Crippen LogP contribution in [0.4, 0.5) is 18.9 Å². The van der Waals surface area contributed by atoms with Crippen LogP contribution in [0.2, 0.25) is 0 Å². The molecule has 0 fully saturated rings. The van der Waals surface area contributed by atoms with Crippen LogP contribution in [-0.4, -0.2) is 44.8 Å². The lowest BCUT2D eigenvalue weighted by atomic mass is 10.4. The number of carbonyl (C=O) groups excluding carboxylic acids is 1. The molecule has 0 aliphatic heterocycles. The van der Waals surface area contributed by atoms with Crippen molar-refractivity contribution in [2.24, 2.45) is 0 Å². The van der Waals surface area contributed by atoms with Crippen molar-refractivity contribution in [2.75, 3.05) is 24.7 Å². The second kappa shape index (κ2) is 6.18. The first-order valence-electron chi connectivity index (χ1n) is 5.31. The summed E-state index contributed by atoms with van der Waals surface area (Å²) in [4.78, 5) is 14.9. The van der Waals surface area contributed by atoms with Crippen molar-refractivity contribution in [3.8, 4) is 0 Å². The average Bonchev–Trinajstić information content (AvgIpc) is 2.26. The van der Waals surface area contributed by atoms with Crippen molar-refractivity contribution in [3.63, 3.8) is 0 Å². The van der Waals surface area contributed by atoms with Crippen LogP contribution >= 0.6 is 0 Å². The van der Waals surface area contributed by atoms with E-state index >= 15 is 0 Å². The van der Waals surface area contributed by atoms with Crippen LogP contribution in [0.15, 0.2) is 23.4 Å². The van der Waals surface area contributed by atoms with Crippen molar-refractivity contribution in [1.82, 2.24) is 10.3 Å². The van der Waals surface area contributed by atoms with Gasteiger partial charge in [0.05, 0.1) is 25.0 Å². The summed E-state index contributed by atoms with van der Waals surface area (Å²) in [5, 5.41) is 4.05. The lowest BCUT2D eigenvalue weighted by Crippen LogP contribution is -2.35. The van der Waals surface area contributed by atoms with Gasteiger partial charge >= 0.3 is 6.18 Å². The maximum Gasteiger partial charge on any atom is 0.401 e. The zero-order valence-electron chi connectivity index (χ0n) is 10.4. The maximum absolute atomic E-state index is 11.8. The van der Waals surface area contributed by atoms with Crippen LogP contribution in [0.3, 0.4) is 0 Å². The smallest absolute Gasteiger partial charge is 0.324 e. The highest BCUT2D eigenvalue weighted by atomic mass is 32.2. The monoisotopic (exact) mass is 311 g/mol. The van der Waals surface area contributed by atoms with Crippen LogP contribution < -0.4 is 10.6 Å². The van der Waals surface area contributed by atoms with Crippen molar-refractivity contribution >= 4 is 21.4 Å². The van der Waals surface area contributed by atoms with Crippen LogP contribution in [0, 0.1) is 0 Å². The third-order valence-electron chi connectivity index (χ3n) is 2.01. The number of carbonyl (C=O) groups is 1. The van der Waals surface area contributed by atoms with Gasteiger partial charge in [-0.05, 0) is 12.1 Å². The summed E-state index contributed by atoms with van der Waals surface area (Å²) in [7, 11) is -3.44. The minimum atomic E-state index is -4.39. The normalized spacial score (nSPS) is 12.2. The fourth-order valence-electron chi connectivity index (χ4n) is 1.20. The lowest BCUT2D eigenvalue weighted by Gasteiger charge is -2.08. The fourth-order valence-corrected chi connectivity index (χ4v) is 1.76. The van der Waals surface area contributed by atoms with E-state index in [0.717, 1.165) is 12.5 Å². The van der Waals surface area contributed by atoms with E-state index < -0.39 is 35.0 Å². The molecular formula is C10H12F3N3O3S. The minimum absolute atomic E-state index is 0.161. The Bertz CT molecular complexity index is 570. The molecule has 20 heavy (non-hydrogen) atoms. The summed E-state index contributed by atoms with van der Waals surface area (Å²) >= 11 is 0. The van der Waals surface area contributed by atoms with Gasteiger partial charge in [0.15, 0.2) is 14.9 Å². The number of rotatable bonds is 5. The Kier molecular flexibility index (Phi) is 5.06. The number of halogens is 3. The van der Waals surface area contributed by atoms with Gasteiger partial charge in [0.1, 0.15) is 0 Å². The summed E-state index contributed by atoms with van der Waals surface area (Å²) in [5.74, 6) is -0.692. The van der Waals surface area contributed by atoms with Crippen LogP contribution in [0.25, 0.3) is 0 Å². The Balaban J connectivity index is 2.51. The molecule has 112 valence electrons. The summed E-state index contributed by atoms with van der Waals surface area (Å²) in [6, 6.07) is 2.49. The lowest BCUT2D eigenvalue weighted by molar-refractivity contribution is -0.126. The number of sulfone groups is 1. The van der Waals surface area contributed by atoms with E-state index in [1.54, 1.807) is 0 Å². The van der Waals surface area contributed by atoms with E-state index in [-0.39, 0.29) is 10.7 Å². The molecule has 0 aliphatic carbocycles. The van der Waals surface area contributed by atoms with Gasteiger partial charge in [-0.15, -0.1) is 0 Å². The van der Waals surface area contributed by atoms with Gasteiger partial charge in [-0.1, -0.05) is 0 Å². The topological polar surface area (TPSA) is 88.2 Å². The number of aromatic nitrogens is 1. The van der Waals surface area contributed by atoms with Gasteiger partial charge in [0.2, 0.25) is 5.91 Å². The first-order valence-corrected chi connectivity index (χ1v) is 7.20. The molecule has 1 aromatic heterocycles. The summed E-state index contributed by atoms with van der Waals surface area (Å²) in [6.07, 6.45) is -2.30. The van der Waals surface area contributed by atoms with Crippen molar-refractivity contribution < 1.29 is 26.4 Å². The van der Waals surface area contributed by atoms with Gasteiger partial charge in [0, 0.05) is 6.26 Å². The SMILES string of the molecule is CS(=O)(=O)c1ccc(NC(=O)CNCC(F)(F)F)cn1. The molecule has 0 spiro atoms. The van der Waals surface area contributed by atoms with Gasteiger partial charge in [-0.2, -0.15) is 13.2 Å². The number of anilines is 1. The first kappa shape index (κ1) is 16.4. The molecule has 1 aromatic rings. The van der Waals surface area contributed by atoms with Crippen LogP contribution in [0.1, 0.15) is 0 Å². The predicted molar refractivity (Wildman–Crippen MR) is 64.9 cm³/mol. The molecule has 0 radical (unpaired) electrons. The van der Waals surface area contributed by atoms with Crippen molar-refractivity contribution in [1.29, 1.82) is 0 Å². The van der Waals surface area contributed by atoms with E-state index in [9.17, 15) is 26.4 Å². The Morgan fingerprint density at radius 3 is 2.45 bits per heavy atom. The summed E-state index contributed by atoms with van der Waals surface area (Å²) < 4.78 is 57.8. The molecule has 10 heteroatoms. The maximum atomic E-state index is 11.8. The number of hydrogen-bond donors (Lipinski definition) is 2. The molecule has 0 bridgehead atoms. The molecule has 1 heterocycles. The Hall–Kier alpha value is -1.68. The molecule has 2 N–H and O–H groups in total. The molecule has 0 aliphatic rings. The Morgan fingerprint density at radius 2 is 2.00 bits per heavy atom. The molecule has 0 saturated carbocycles. The third-order valence-corrected chi connectivity index (χ3v) is 3.01. The molecule has 0 atom stereocenters. The Morgan fingerprint density at radius 1 is 1.35 bits per heavy atom. The molecule has 0 saturated heterocycles. The van der Waals surface area contributed by atoms with Crippen molar-refractivity contribution in [2.45, 2.75) is 11.2 Å². The molecule has 0 aromatic carbocycles. The third kappa shape index (κ3) is 5.97. The molecule has 1 amide bonds. The number of nitrogens with one attached hydrogen (secondary N) is 2. The number of pyridine rings is 1. The number of amides is 1. The first-order chi connectivity index (χ1) is 9.08. The highest BCUT2D eigenvalue weighted by Gasteiger charge is 2.26. The molecular weight excluding hydrogens is 299 g/mol. The van der Waals surface area contributed by atoms with Crippen LogP contribution in [-0.2, 0) is 14.6 Å². The molecule has 0 unspecified atom stereocenters. The van der Waals surface area contributed by atoms with Gasteiger partial charge in [0.25, 0.3) is 0 Å². The standard InChI is InChI=1S/C10H12F3N3O3S/c1-20(18,19)9-3-2-7(4-15-9)16-8(17)5-14-6-10(11,12)13/h2-4,14H,5-6H2,1H3,(H,16,17). The van der Waals surface area contributed by atoms with E-state index in [4.69, 9.17) is 0 Å². The highest BCUT2D eigenvalue weighted by Crippen LogP contribution is 2.12. The number of nitrogens with zero attached hydrogens (tertiary/aromatic N) is 1. The van der Waals surface area contributed by atoms with Crippen molar-refractivity contribution in [3.05, 3.63) is 18.3 Å². The van der Waals surface area contributed by atoms with E-state index in [0.29, 0.717) is 0 Å². The van der Waals surface area contributed by atoms with E-state index in [1.165, 1.54) is 12.1 Å². The molecule has 1 rings (SSSR count). The van der Waals surface area contributed by atoms with E-state index in [2.05, 4.69) is 10.3 Å². The summed E-state index contributed by atoms with van der Waals surface area (Å²) in [5.41, 5.74) is 0.191. The zero-order chi connectivity index (χ0) is 15.4. The van der Waals surface area contributed by atoms with Gasteiger partial charge in [-0.25, -0.2) is 13.4 Å². The van der Waals surface area contributed by atoms with E-state index in [1.807, 2.05) is 5.32 Å². The second-order valence-corrected chi connectivity index (χ2v) is 5.89. The average molecular weight is 311 g/mol.